The van der Waals surface area contributed by atoms with E-state index in [9.17, 15) is 9.59 Å². The van der Waals surface area contributed by atoms with Crippen LogP contribution in [0.4, 0.5) is 0 Å². The first-order chi connectivity index (χ1) is 6.17. The Hall–Kier alpha value is -0.900. The largest absolute Gasteiger partial charge is 0.481 e. The standard InChI is InChI=1S/C8H14O3.CH4O/c1-3-6(4-2)7(5-9)8(10)11;1-2/h5-7H,3-4H2,1-2H3,(H,10,11);2H,1H3. The third kappa shape index (κ3) is 5.36. The number of hydrogen-bond donors (Lipinski definition) is 2. The SMILES string of the molecule is CCC(CC)C(C=O)C(=O)O.CO. The predicted molar refractivity (Wildman–Crippen MR) is 49.4 cm³/mol. The molecule has 2 N–H and O–H groups in total. The van der Waals surface area contributed by atoms with Crippen LogP contribution >= 0.6 is 0 Å². The van der Waals surface area contributed by atoms with Crippen molar-refractivity contribution in [2.24, 2.45) is 11.8 Å². The van der Waals surface area contributed by atoms with Crippen molar-refractivity contribution in [3.8, 4) is 0 Å². The Kier molecular flexibility index (Phi) is 10.3. The molecule has 0 saturated carbocycles. The van der Waals surface area contributed by atoms with Crippen LogP contribution in [0.5, 0.6) is 0 Å². The molecule has 0 bridgehead atoms. The monoisotopic (exact) mass is 190 g/mol. The number of aliphatic carboxylic acids is 1. The number of aliphatic hydroxyl groups is 1. The Labute approximate surface area is 78.6 Å². The van der Waals surface area contributed by atoms with Crippen LogP contribution in [0.2, 0.25) is 0 Å². The first-order valence-electron chi connectivity index (χ1n) is 4.30. The second-order valence-electron chi connectivity index (χ2n) is 2.58. The predicted octanol–water partition coefficient (Wildman–Crippen LogP) is 0.931. The molecular formula is C9H18O4. The summed E-state index contributed by atoms with van der Waals surface area (Å²) in [6.45, 7) is 3.79. The van der Waals surface area contributed by atoms with E-state index in [1.807, 2.05) is 13.8 Å². The first-order valence-corrected chi connectivity index (χ1v) is 4.30. The zero-order valence-electron chi connectivity index (χ0n) is 8.36. The molecule has 0 radical (unpaired) electrons. The zero-order chi connectivity index (χ0) is 10.9. The van der Waals surface area contributed by atoms with Gasteiger partial charge < -0.3 is 15.0 Å². The summed E-state index contributed by atoms with van der Waals surface area (Å²) in [5.41, 5.74) is 0. The van der Waals surface area contributed by atoms with Crippen molar-refractivity contribution < 1.29 is 19.8 Å². The second-order valence-corrected chi connectivity index (χ2v) is 2.58. The van der Waals surface area contributed by atoms with Gasteiger partial charge in [-0.05, 0) is 5.92 Å². The maximum Gasteiger partial charge on any atom is 0.314 e. The Morgan fingerprint density at radius 2 is 1.69 bits per heavy atom. The van der Waals surface area contributed by atoms with Crippen molar-refractivity contribution in [3.63, 3.8) is 0 Å². The van der Waals surface area contributed by atoms with E-state index >= 15 is 0 Å². The first kappa shape index (κ1) is 14.6. The van der Waals surface area contributed by atoms with E-state index in [2.05, 4.69) is 0 Å². The molecule has 0 fully saturated rings. The number of aldehydes is 1. The number of rotatable bonds is 5. The normalized spacial score (nSPS) is 11.5. The van der Waals surface area contributed by atoms with Crippen LogP contribution < -0.4 is 0 Å². The Morgan fingerprint density at radius 1 is 1.31 bits per heavy atom. The minimum atomic E-state index is -1.01. The topological polar surface area (TPSA) is 74.6 Å². The highest BCUT2D eigenvalue weighted by molar-refractivity contribution is 5.86. The van der Waals surface area contributed by atoms with Crippen LogP contribution in [-0.2, 0) is 9.59 Å². The highest BCUT2D eigenvalue weighted by Crippen LogP contribution is 2.17. The van der Waals surface area contributed by atoms with E-state index in [0.717, 1.165) is 20.0 Å². The highest BCUT2D eigenvalue weighted by atomic mass is 16.4. The smallest absolute Gasteiger partial charge is 0.314 e. The lowest BCUT2D eigenvalue weighted by Gasteiger charge is -2.14. The molecule has 0 amide bonds. The molecule has 0 aliphatic rings. The summed E-state index contributed by atoms with van der Waals surface area (Å²) < 4.78 is 0. The summed E-state index contributed by atoms with van der Waals surface area (Å²) in [5, 5.41) is 15.6. The highest BCUT2D eigenvalue weighted by Gasteiger charge is 2.24. The van der Waals surface area contributed by atoms with Crippen molar-refractivity contribution in [2.45, 2.75) is 26.7 Å². The van der Waals surface area contributed by atoms with Crippen LogP contribution in [0.15, 0.2) is 0 Å². The third-order valence-electron chi connectivity index (χ3n) is 1.99. The van der Waals surface area contributed by atoms with Gasteiger partial charge in [0, 0.05) is 7.11 Å². The molecule has 0 aromatic heterocycles. The average Bonchev–Trinajstić information content (AvgIpc) is 2.16. The Balaban J connectivity index is 0. The van der Waals surface area contributed by atoms with Crippen LogP contribution in [0.25, 0.3) is 0 Å². The summed E-state index contributed by atoms with van der Waals surface area (Å²) in [5.74, 6) is -1.83. The van der Waals surface area contributed by atoms with E-state index in [1.165, 1.54) is 0 Å². The minimum absolute atomic E-state index is 0.00926. The van der Waals surface area contributed by atoms with Gasteiger partial charge in [-0.1, -0.05) is 26.7 Å². The number of carbonyl (C=O) groups is 2. The van der Waals surface area contributed by atoms with E-state index in [0.29, 0.717) is 6.29 Å². The van der Waals surface area contributed by atoms with Gasteiger partial charge in [-0.25, -0.2) is 0 Å². The molecule has 1 atom stereocenters. The van der Waals surface area contributed by atoms with Gasteiger partial charge >= 0.3 is 5.97 Å². The molecule has 4 heteroatoms. The lowest BCUT2D eigenvalue weighted by atomic mass is 9.89. The zero-order valence-corrected chi connectivity index (χ0v) is 8.36. The maximum atomic E-state index is 10.5. The number of hydrogen-bond acceptors (Lipinski definition) is 3. The van der Waals surface area contributed by atoms with Crippen molar-refractivity contribution in [2.75, 3.05) is 7.11 Å². The summed E-state index contributed by atoms with van der Waals surface area (Å²) in [4.78, 5) is 20.8. The molecule has 0 rings (SSSR count). The molecule has 0 spiro atoms. The van der Waals surface area contributed by atoms with Gasteiger partial charge in [0.1, 0.15) is 12.2 Å². The van der Waals surface area contributed by atoms with Crippen molar-refractivity contribution >= 4 is 12.3 Å². The van der Waals surface area contributed by atoms with Crippen LogP contribution in [0, 0.1) is 11.8 Å². The van der Waals surface area contributed by atoms with Gasteiger partial charge in [0.25, 0.3) is 0 Å². The lowest BCUT2D eigenvalue weighted by molar-refractivity contribution is -0.145. The summed E-state index contributed by atoms with van der Waals surface area (Å²) in [6.07, 6.45) is 2.01. The van der Waals surface area contributed by atoms with E-state index < -0.39 is 11.9 Å². The third-order valence-corrected chi connectivity index (χ3v) is 1.99. The molecule has 0 aliphatic heterocycles. The quantitative estimate of drug-likeness (QED) is 0.499. The van der Waals surface area contributed by atoms with Gasteiger partial charge in [-0.3, -0.25) is 4.79 Å². The van der Waals surface area contributed by atoms with Crippen molar-refractivity contribution in [1.82, 2.24) is 0 Å². The maximum absolute atomic E-state index is 10.5. The Morgan fingerprint density at radius 3 is 1.77 bits per heavy atom. The fourth-order valence-electron chi connectivity index (χ4n) is 1.17. The van der Waals surface area contributed by atoms with Crippen LogP contribution in [0.3, 0.4) is 0 Å². The van der Waals surface area contributed by atoms with Crippen molar-refractivity contribution in [3.05, 3.63) is 0 Å². The van der Waals surface area contributed by atoms with E-state index in [-0.39, 0.29) is 5.92 Å². The molecule has 0 aromatic rings. The fourth-order valence-corrected chi connectivity index (χ4v) is 1.17. The van der Waals surface area contributed by atoms with Gasteiger partial charge in [0.2, 0.25) is 0 Å². The second kappa shape index (κ2) is 9.19. The Bertz CT molecular complexity index is 141. The minimum Gasteiger partial charge on any atom is -0.481 e. The molecular weight excluding hydrogens is 172 g/mol. The molecule has 0 heterocycles. The number of aliphatic hydroxyl groups excluding tert-OH is 1. The summed E-state index contributed by atoms with van der Waals surface area (Å²) >= 11 is 0. The molecule has 4 nitrogen and oxygen atoms in total. The molecule has 0 aliphatic carbocycles. The van der Waals surface area contributed by atoms with Gasteiger partial charge in [0.05, 0.1) is 0 Å². The van der Waals surface area contributed by atoms with Crippen molar-refractivity contribution in [1.29, 1.82) is 0 Å². The number of carbonyl (C=O) groups excluding carboxylic acids is 1. The molecule has 1 unspecified atom stereocenters. The molecule has 78 valence electrons. The van der Waals surface area contributed by atoms with Crippen LogP contribution in [0.1, 0.15) is 26.7 Å². The molecule has 0 saturated heterocycles. The van der Waals surface area contributed by atoms with Gasteiger partial charge in [0.15, 0.2) is 0 Å². The molecule has 13 heavy (non-hydrogen) atoms. The fraction of sp³-hybridized carbons (Fsp3) is 0.778. The number of carboxylic acids is 1. The van der Waals surface area contributed by atoms with E-state index in [4.69, 9.17) is 10.2 Å². The van der Waals surface area contributed by atoms with Gasteiger partial charge in [-0.15, -0.1) is 0 Å². The van der Waals surface area contributed by atoms with Crippen LogP contribution in [-0.4, -0.2) is 29.6 Å². The molecule has 0 aromatic carbocycles. The summed E-state index contributed by atoms with van der Waals surface area (Å²) in [6, 6.07) is 0. The summed E-state index contributed by atoms with van der Waals surface area (Å²) in [7, 11) is 1.00. The number of carboxylic acid groups (broad SMARTS) is 1. The van der Waals surface area contributed by atoms with Gasteiger partial charge in [-0.2, -0.15) is 0 Å². The van der Waals surface area contributed by atoms with E-state index in [1.54, 1.807) is 0 Å². The average molecular weight is 190 g/mol. The lowest BCUT2D eigenvalue weighted by Crippen LogP contribution is -2.23.